The summed E-state index contributed by atoms with van der Waals surface area (Å²) in [6.07, 6.45) is -5.11. The molecule has 0 bridgehead atoms. The maximum Gasteiger partial charge on any atom is 0.421 e. The molecular formula is C20H22F3N3O4. The maximum absolute atomic E-state index is 13.2. The molecule has 1 aromatic carbocycles. The molecule has 0 fully saturated rings. The smallest absolute Gasteiger partial charge is 0.421 e. The molecule has 0 saturated carbocycles. The third-order valence-corrected chi connectivity index (χ3v) is 3.76. The lowest BCUT2D eigenvalue weighted by Gasteiger charge is -2.16. The Morgan fingerprint density at radius 2 is 1.90 bits per heavy atom. The summed E-state index contributed by atoms with van der Waals surface area (Å²) >= 11 is 0. The SMILES string of the molecule is CNC(=O)/C(=N\OC)c1ccccc1COc1ccc(C(F)(F)F)c(OC(C)C)n1. The van der Waals surface area contributed by atoms with E-state index in [2.05, 4.69) is 15.5 Å². The second-order valence-electron chi connectivity index (χ2n) is 6.31. The van der Waals surface area contributed by atoms with Crippen LogP contribution in [0.5, 0.6) is 11.8 Å². The highest BCUT2D eigenvalue weighted by atomic mass is 19.4. The van der Waals surface area contributed by atoms with Gasteiger partial charge in [-0.25, -0.2) is 0 Å². The third kappa shape index (κ3) is 5.85. The van der Waals surface area contributed by atoms with Crippen molar-refractivity contribution in [1.82, 2.24) is 10.3 Å². The number of pyridine rings is 1. The van der Waals surface area contributed by atoms with E-state index in [1.54, 1.807) is 38.1 Å². The summed E-state index contributed by atoms with van der Waals surface area (Å²) in [5.74, 6) is -1.08. The molecule has 1 aromatic heterocycles. The standard InChI is InChI=1S/C20H22F3N3O4/c1-12(2)30-19-15(20(21,22)23)9-10-16(25-19)29-11-13-7-5-6-8-14(13)17(26-28-4)18(27)24-3/h5-10,12H,11H2,1-4H3,(H,24,27)/b26-17-. The zero-order chi connectivity index (χ0) is 22.3. The third-order valence-electron chi connectivity index (χ3n) is 3.76. The molecule has 10 heteroatoms. The molecular weight excluding hydrogens is 403 g/mol. The number of nitrogens with zero attached hydrogens (tertiary/aromatic N) is 2. The van der Waals surface area contributed by atoms with Crippen LogP contribution in [0.25, 0.3) is 0 Å². The number of aromatic nitrogens is 1. The zero-order valence-corrected chi connectivity index (χ0v) is 16.9. The van der Waals surface area contributed by atoms with Crippen molar-refractivity contribution in [2.75, 3.05) is 14.2 Å². The Hall–Kier alpha value is -3.30. The van der Waals surface area contributed by atoms with Crippen molar-refractivity contribution >= 4 is 11.6 Å². The van der Waals surface area contributed by atoms with Crippen molar-refractivity contribution in [3.8, 4) is 11.8 Å². The van der Waals surface area contributed by atoms with Crippen LogP contribution in [-0.2, 0) is 22.4 Å². The Morgan fingerprint density at radius 3 is 2.50 bits per heavy atom. The average Bonchev–Trinajstić information content (AvgIpc) is 2.69. The van der Waals surface area contributed by atoms with Crippen molar-refractivity contribution in [1.29, 1.82) is 0 Å². The van der Waals surface area contributed by atoms with Crippen molar-refractivity contribution in [2.45, 2.75) is 32.7 Å². The van der Waals surface area contributed by atoms with Crippen LogP contribution in [0.15, 0.2) is 41.6 Å². The first kappa shape index (κ1) is 23.0. The number of carbonyl (C=O) groups excluding carboxylic acids is 1. The number of amides is 1. The van der Waals surface area contributed by atoms with E-state index in [1.165, 1.54) is 14.2 Å². The van der Waals surface area contributed by atoms with Crippen LogP contribution in [-0.4, -0.2) is 36.9 Å². The fourth-order valence-corrected chi connectivity index (χ4v) is 2.48. The van der Waals surface area contributed by atoms with Crippen LogP contribution >= 0.6 is 0 Å². The van der Waals surface area contributed by atoms with Crippen molar-refractivity contribution in [2.24, 2.45) is 5.16 Å². The summed E-state index contributed by atoms with van der Waals surface area (Å²) in [7, 11) is 2.76. The van der Waals surface area contributed by atoms with Gasteiger partial charge in [-0.15, -0.1) is 0 Å². The number of carbonyl (C=O) groups is 1. The van der Waals surface area contributed by atoms with Gasteiger partial charge in [0.15, 0.2) is 5.71 Å². The highest BCUT2D eigenvalue weighted by Gasteiger charge is 2.36. The van der Waals surface area contributed by atoms with E-state index in [0.29, 0.717) is 11.1 Å². The van der Waals surface area contributed by atoms with Gasteiger partial charge in [0.25, 0.3) is 5.91 Å². The van der Waals surface area contributed by atoms with Crippen LogP contribution in [0.3, 0.4) is 0 Å². The van der Waals surface area contributed by atoms with Crippen LogP contribution in [0.1, 0.15) is 30.5 Å². The molecule has 1 N–H and O–H groups in total. The Labute approximate surface area is 171 Å². The molecule has 0 unspecified atom stereocenters. The Kier molecular flexibility index (Phi) is 7.62. The molecule has 30 heavy (non-hydrogen) atoms. The highest BCUT2D eigenvalue weighted by molar-refractivity contribution is 6.45. The number of halogens is 3. The molecule has 0 radical (unpaired) electrons. The number of nitrogens with one attached hydrogen (secondary N) is 1. The van der Waals surface area contributed by atoms with Gasteiger partial charge in [-0.2, -0.15) is 18.2 Å². The monoisotopic (exact) mass is 425 g/mol. The number of ether oxygens (including phenoxy) is 2. The lowest BCUT2D eigenvalue weighted by atomic mass is 10.0. The van der Waals surface area contributed by atoms with Crippen LogP contribution in [0.2, 0.25) is 0 Å². The molecule has 2 aromatic rings. The largest absolute Gasteiger partial charge is 0.474 e. The minimum absolute atomic E-state index is 0.0309. The van der Waals surface area contributed by atoms with E-state index in [9.17, 15) is 18.0 Å². The molecule has 1 amide bonds. The number of likely N-dealkylation sites (N-methyl/N-ethyl adjacent to an activating group) is 1. The summed E-state index contributed by atoms with van der Waals surface area (Å²) in [4.78, 5) is 20.7. The number of alkyl halides is 3. The van der Waals surface area contributed by atoms with Crippen molar-refractivity contribution < 1.29 is 32.3 Å². The normalized spacial score (nSPS) is 11.9. The quantitative estimate of drug-likeness (QED) is 0.517. The van der Waals surface area contributed by atoms with Crippen LogP contribution < -0.4 is 14.8 Å². The van der Waals surface area contributed by atoms with Crippen molar-refractivity contribution in [3.05, 3.63) is 53.1 Å². The Balaban J connectivity index is 2.32. The number of benzene rings is 1. The predicted octanol–water partition coefficient (Wildman–Crippen LogP) is 3.56. The lowest BCUT2D eigenvalue weighted by Crippen LogP contribution is -2.29. The molecule has 7 nitrogen and oxygen atoms in total. The summed E-state index contributed by atoms with van der Waals surface area (Å²) in [5, 5.41) is 6.22. The number of oxime groups is 1. The molecule has 162 valence electrons. The van der Waals surface area contributed by atoms with E-state index < -0.39 is 29.6 Å². The van der Waals surface area contributed by atoms with Crippen molar-refractivity contribution in [3.63, 3.8) is 0 Å². The first-order valence-corrected chi connectivity index (χ1v) is 8.96. The van der Waals surface area contributed by atoms with Gasteiger partial charge < -0.3 is 19.6 Å². The van der Waals surface area contributed by atoms with Gasteiger partial charge in [-0.1, -0.05) is 29.4 Å². The number of rotatable bonds is 8. The van der Waals surface area contributed by atoms with E-state index in [-0.39, 0.29) is 18.2 Å². The first-order chi connectivity index (χ1) is 14.2. The molecule has 0 atom stereocenters. The summed E-state index contributed by atoms with van der Waals surface area (Å²) in [6, 6.07) is 8.75. The Bertz CT molecular complexity index is 914. The number of hydrogen-bond acceptors (Lipinski definition) is 6. The molecule has 1 heterocycles. The molecule has 2 rings (SSSR count). The molecule has 0 spiro atoms. The summed E-state index contributed by atoms with van der Waals surface area (Å²) in [6.45, 7) is 3.12. The van der Waals surface area contributed by atoms with E-state index in [1.807, 2.05) is 0 Å². The van der Waals surface area contributed by atoms with E-state index in [0.717, 1.165) is 12.1 Å². The molecule has 0 aliphatic rings. The van der Waals surface area contributed by atoms with Gasteiger partial charge in [0.1, 0.15) is 19.3 Å². The predicted molar refractivity (Wildman–Crippen MR) is 103 cm³/mol. The fourth-order valence-electron chi connectivity index (χ4n) is 2.48. The van der Waals surface area contributed by atoms with Gasteiger partial charge in [0.2, 0.25) is 11.8 Å². The van der Waals surface area contributed by atoms with Gasteiger partial charge in [-0.3, -0.25) is 4.79 Å². The second-order valence-corrected chi connectivity index (χ2v) is 6.31. The average molecular weight is 425 g/mol. The molecule has 0 aliphatic heterocycles. The van der Waals surface area contributed by atoms with Crippen LogP contribution in [0.4, 0.5) is 13.2 Å². The van der Waals surface area contributed by atoms with Gasteiger partial charge in [0, 0.05) is 18.7 Å². The molecule has 0 aliphatic carbocycles. The van der Waals surface area contributed by atoms with E-state index in [4.69, 9.17) is 14.3 Å². The van der Waals surface area contributed by atoms with Gasteiger partial charge in [0.05, 0.1) is 6.10 Å². The minimum atomic E-state index is -4.61. The molecule has 0 saturated heterocycles. The highest BCUT2D eigenvalue weighted by Crippen LogP contribution is 2.36. The van der Waals surface area contributed by atoms with Gasteiger partial charge in [-0.05, 0) is 25.5 Å². The van der Waals surface area contributed by atoms with Gasteiger partial charge >= 0.3 is 6.18 Å². The van der Waals surface area contributed by atoms with Crippen LogP contribution in [0, 0.1) is 0 Å². The second kappa shape index (κ2) is 9.95. The summed E-state index contributed by atoms with van der Waals surface area (Å²) in [5.41, 5.74) is 0.0516. The van der Waals surface area contributed by atoms with E-state index >= 15 is 0 Å². The zero-order valence-electron chi connectivity index (χ0n) is 16.9. The lowest BCUT2D eigenvalue weighted by molar-refractivity contribution is -0.139. The first-order valence-electron chi connectivity index (χ1n) is 8.96. The Morgan fingerprint density at radius 1 is 1.20 bits per heavy atom. The fraction of sp³-hybridized carbons (Fsp3) is 0.350. The topological polar surface area (TPSA) is 82.0 Å². The summed E-state index contributed by atoms with van der Waals surface area (Å²) < 4.78 is 50.3. The number of hydrogen-bond donors (Lipinski definition) is 1. The minimum Gasteiger partial charge on any atom is -0.474 e. The maximum atomic E-state index is 13.2.